The van der Waals surface area contributed by atoms with Gasteiger partial charge in [0.15, 0.2) is 0 Å². The first-order chi connectivity index (χ1) is 10.2. The smallest absolute Gasteiger partial charge is 0.263 e. The number of nitrogens with zero attached hydrogens (tertiary/aromatic N) is 1. The first-order valence-corrected chi connectivity index (χ1v) is 9.00. The third-order valence-corrected chi connectivity index (χ3v) is 5.40. The van der Waals surface area contributed by atoms with E-state index >= 15 is 0 Å². The Kier molecular flexibility index (Phi) is 4.10. The lowest BCUT2D eigenvalue weighted by atomic mass is 10.1. The lowest BCUT2D eigenvalue weighted by Gasteiger charge is -2.03. The van der Waals surface area contributed by atoms with E-state index in [4.69, 9.17) is 0 Å². The molecule has 1 aromatic carbocycles. The molecule has 1 N–H and O–H groups in total. The highest BCUT2D eigenvalue weighted by molar-refractivity contribution is 7.90. The van der Waals surface area contributed by atoms with Crippen LogP contribution in [0.4, 0.5) is 0 Å². The first-order valence-electron chi connectivity index (χ1n) is 7.51. The van der Waals surface area contributed by atoms with Crippen LogP contribution in [0.5, 0.6) is 0 Å². The van der Waals surface area contributed by atoms with Crippen molar-refractivity contribution in [2.75, 3.05) is 6.54 Å². The van der Waals surface area contributed by atoms with E-state index in [1.807, 2.05) is 6.07 Å². The van der Waals surface area contributed by atoms with Crippen LogP contribution in [0.2, 0.25) is 0 Å². The van der Waals surface area contributed by atoms with Crippen molar-refractivity contribution in [3.05, 3.63) is 41.5 Å². The molecule has 0 amide bonds. The summed E-state index contributed by atoms with van der Waals surface area (Å²) < 4.78 is 26.5. The summed E-state index contributed by atoms with van der Waals surface area (Å²) in [5.41, 5.74) is 2.15. The fourth-order valence-corrected chi connectivity index (χ4v) is 4.12. The molecule has 1 aromatic rings. The van der Waals surface area contributed by atoms with E-state index in [0.717, 1.165) is 12.8 Å². The molecule has 2 aliphatic rings. The van der Waals surface area contributed by atoms with Gasteiger partial charge in [0.25, 0.3) is 10.0 Å². The van der Waals surface area contributed by atoms with Crippen molar-refractivity contribution in [3.63, 3.8) is 0 Å². The molecule has 21 heavy (non-hydrogen) atoms. The van der Waals surface area contributed by atoms with Crippen molar-refractivity contribution in [1.82, 2.24) is 4.72 Å². The monoisotopic (exact) mass is 304 g/mol. The van der Waals surface area contributed by atoms with Crippen LogP contribution >= 0.6 is 0 Å². The fourth-order valence-electron chi connectivity index (χ4n) is 2.87. The molecule has 0 saturated heterocycles. The number of aliphatic imine (C=N–C) groups is 1. The maximum absolute atomic E-state index is 12.0. The van der Waals surface area contributed by atoms with Gasteiger partial charge in [0, 0.05) is 12.1 Å². The molecular weight excluding hydrogens is 284 g/mol. The van der Waals surface area contributed by atoms with Gasteiger partial charge in [-0.3, -0.25) is 9.71 Å². The zero-order valence-corrected chi connectivity index (χ0v) is 12.8. The van der Waals surface area contributed by atoms with Crippen LogP contribution in [0, 0.1) is 0 Å². The Hall–Kier alpha value is -1.62. The highest BCUT2D eigenvalue weighted by Crippen LogP contribution is 2.23. The van der Waals surface area contributed by atoms with Crippen LogP contribution in [0.15, 0.2) is 45.8 Å². The zero-order chi connectivity index (χ0) is 14.7. The molecule has 0 aromatic heterocycles. The summed E-state index contributed by atoms with van der Waals surface area (Å²) in [4.78, 5) is 4.80. The van der Waals surface area contributed by atoms with Crippen LogP contribution in [-0.2, 0) is 10.0 Å². The Morgan fingerprint density at radius 1 is 1.14 bits per heavy atom. The van der Waals surface area contributed by atoms with Gasteiger partial charge in [-0.05, 0) is 44.2 Å². The number of nitrogens with one attached hydrogen (secondary N) is 1. The number of benzene rings is 1. The van der Waals surface area contributed by atoms with E-state index in [-0.39, 0.29) is 0 Å². The Morgan fingerprint density at radius 3 is 2.90 bits per heavy atom. The topological polar surface area (TPSA) is 58.5 Å². The number of hydrogen-bond acceptors (Lipinski definition) is 3. The number of sulfonamides is 1. The summed E-state index contributed by atoms with van der Waals surface area (Å²) in [7, 11) is -3.41. The molecule has 0 saturated carbocycles. The number of allylic oxidation sites excluding steroid dienone is 1. The predicted octanol–water partition coefficient (Wildman–Crippen LogP) is 3.01. The third kappa shape index (κ3) is 3.18. The molecule has 0 atom stereocenters. The number of fused-ring (bicyclic) bond motifs is 1. The van der Waals surface area contributed by atoms with Gasteiger partial charge in [-0.15, -0.1) is 0 Å². The minimum atomic E-state index is -3.41. The second kappa shape index (κ2) is 6.02. The van der Waals surface area contributed by atoms with E-state index < -0.39 is 10.0 Å². The second-order valence-corrected chi connectivity index (χ2v) is 7.19. The summed E-state index contributed by atoms with van der Waals surface area (Å²) >= 11 is 0. The third-order valence-electron chi connectivity index (χ3n) is 4.00. The van der Waals surface area contributed by atoms with Gasteiger partial charge < -0.3 is 0 Å². The molecule has 1 aliphatic carbocycles. The SMILES string of the molecule is O=S1(=O)NC(=NCCC2=CCCCCC2)c2ccccc21. The highest BCUT2D eigenvalue weighted by Gasteiger charge is 2.29. The molecule has 1 heterocycles. The van der Waals surface area contributed by atoms with Crippen LogP contribution in [0.25, 0.3) is 0 Å². The van der Waals surface area contributed by atoms with E-state index in [1.165, 1.54) is 31.3 Å². The van der Waals surface area contributed by atoms with Gasteiger partial charge in [-0.2, -0.15) is 0 Å². The predicted molar refractivity (Wildman–Crippen MR) is 84.0 cm³/mol. The molecule has 0 radical (unpaired) electrons. The normalized spacial score (nSPS) is 22.3. The second-order valence-electron chi connectivity index (χ2n) is 5.54. The van der Waals surface area contributed by atoms with Crippen LogP contribution < -0.4 is 4.72 Å². The lowest BCUT2D eigenvalue weighted by Crippen LogP contribution is -2.22. The van der Waals surface area contributed by atoms with Crippen molar-refractivity contribution in [1.29, 1.82) is 0 Å². The highest BCUT2D eigenvalue weighted by atomic mass is 32.2. The molecule has 4 nitrogen and oxygen atoms in total. The standard InChI is InChI=1S/C16H20N2O2S/c19-21(20)15-10-6-5-9-14(15)16(18-21)17-12-11-13-7-3-1-2-4-8-13/h5-7,9-10H,1-4,8,11-12H2,(H,17,18). The van der Waals surface area contributed by atoms with E-state index in [1.54, 1.807) is 18.2 Å². The molecule has 0 fully saturated rings. The zero-order valence-electron chi connectivity index (χ0n) is 12.0. The van der Waals surface area contributed by atoms with Gasteiger partial charge in [-0.1, -0.05) is 30.2 Å². The van der Waals surface area contributed by atoms with Gasteiger partial charge in [0.05, 0.1) is 4.90 Å². The summed E-state index contributed by atoms with van der Waals surface area (Å²) in [6, 6.07) is 6.99. The molecule has 1 aliphatic heterocycles. The summed E-state index contributed by atoms with van der Waals surface area (Å²) in [5, 5.41) is 0. The van der Waals surface area contributed by atoms with Crippen molar-refractivity contribution < 1.29 is 8.42 Å². The summed E-state index contributed by atoms with van der Waals surface area (Å²) in [6.45, 7) is 0.637. The largest absolute Gasteiger partial charge is 0.267 e. The number of amidine groups is 1. The van der Waals surface area contributed by atoms with Crippen LogP contribution in [0.1, 0.15) is 44.1 Å². The molecule has 5 heteroatoms. The van der Waals surface area contributed by atoms with Crippen LogP contribution in [0.3, 0.4) is 0 Å². The quantitative estimate of drug-likeness (QED) is 0.873. The molecule has 0 spiro atoms. The maximum Gasteiger partial charge on any atom is 0.263 e. The molecule has 112 valence electrons. The molecule has 3 rings (SSSR count). The Bertz CT molecular complexity index is 690. The minimum absolute atomic E-state index is 0.331. The van der Waals surface area contributed by atoms with E-state index in [2.05, 4.69) is 15.8 Å². The molecule has 0 bridgehead atoms. The first kappa shape index (κ1) is 14.3. The van der Waals surface area contributed by atoms with Gasteiger partial charge >= 0.3 is 0 Å². The van der Waals surface area contributed by atoms with Crippen molar-refractivity contribution in [2.24, 2.45) is 4.99 Å². The summed E-state index contributed by atoms with van der Waals surface area (Å²) in [6.07, 6.45) is 9.44. The van der Waals surface area contributed by atoms with Gasteiger partial charge in [0.1, 0.15) is 5.84 Å². The Morgan fingerprint density at radius 2 is 2.00 bits per heavy atom. The summed E-state index contributed by atoms with van der Waals surface area (Å²) in [5.74, 6) is 0.486. The Balaban J connectivity index is 1.72. The molecule has 0 unspecified atom stereocenters. The molecular formula is C16H20N2O2S. The van der Waals surface area contributed by atoms with Crippen LogP contribution in [-0.4, -0.2) is 20.8 Å². The van der Waals surface area contributed by atoms with Crippen molar-refractivity contribution in [2.45, 2.75) is 43.4 Å². The van der Waals surface area contributed by atoms with Crippen molar-refractivity contribution >= 4 is 15.9 Å². The van der Waals surface area contributed by atoms with E-state index in [0.29, 0.717) is 22.8 Å². The average molecular weight is 304 g/mol. The number of rotatable bonds is 3. The average Bonchev–Trinajstić information content (AvgIpc) is 2.65. The van der Waals surface area contributed by atoms with Gasteiger partial charge in [-0.25, -0.2) is 8.42 Å². The Labute approximate surface area is 126 Å². The maximum atomic E-state index is 12.0. The number of hydrogen-bond donors (Lipinski definition) is 1. The van der Waals surface area contributed by atoms with E-state index in [9.17, 15) is 8.42 Å². The van der Waals surface area contributed by atoms with Crippen molar-refractivity contribution in [3.8, 4) is 0 Å². The lowest BCUT2D eigenvalue weighted by molar-refractivity contribution is 0.595. The minimum Gasteiger partial charge on any atom is -0.267 e. The fraction of sp³-hybridized carbons (Fsp3) is 0.438. The van der Waals surface area contributed by atoms with Gasteiger partial charge in [0.2, 0.25) is 0 Å².